The van der Waals surface area contributed by atoms with E-state index in [0.29, 0.717) is 0 Å². The predicted octanol–water partition coefficient (Wildman–Crippen LogP) is 1.93. The van der Waals surface area contributed by atoms with Gasteiger partial charge in [-0.15, -0.1) is 0 Å². The van der Waals surface area contributed by atoms with Crippen molar-refractivity contribution in [1.82, 2.24) is 19.2 Å². The number of carbonyl (C=O) groups excluding carboxylic acids is 1. The highest BCUT2D eigenvalue weighted by Gasteiger charge is 2.24. The van der Waals surface area contributed by atoms with E-state index >= 15 is 0 Å². The molecular weight excluding hydrogens is 310 g/mol. The minimum Gasteiger partial charge on any atom is -0.343 e. The van der Waals surface area contributed by atoms with Crippen LogP contribution in [0.3, 0.4) is 0 Å². The highest BCUT2D eigenvalue weighted by atomic mass is 32.1. The van der Waals surface area contributed by atoms with E-state index < -0.39 is 0 Å². The van der Waals surface area contributed by atoms with Gasteiger partial charge in [0.05, 0.1) is 0 Å². The number of nitrogens with zero attached hydrogens (tertiary/aromatic N) is 5. The van der Waals surface area contributed by atoms with E-state index in [2.05, 4.69) is 26.4 Å². The summed E-state index contributed by atoms with van der Waals surface area (Å²) < 4.78 is 4.47. The molecule has 1 aliphatic heterocycles. The normalized spacial score (nSPS) is 14.9. The highest BCUT2D eigenvalue weighted by molar-refractivity contribution is 7.09. The third-order valence-electron chi connectivity index (χ3n) is 3.87. The van der Waals surface area contributed by atoms with Crippen molar-refractivity contribution in [3.8, 4) is 0 Å². The van der Waals surface area contributed by atoms with Crippen LogP contribution in [0.4, 0.5) is 9.93 Å². The minimum absolute atomic E-state index is 0.0756. The number of amides is 2. The van der Waals surface area contributed by atoms with Crippen molar-refractivity contribution in [2.75, 3.05) is 45.2 Å². The predicted molar refractivity (Wildman–Crippen MR) is 92.0 cm³/mol. The van der Waals surface area contributed by atoms with Crippen molar-refractivity contribution >= 4 is 22.7 Å². The number of piperazine rings is 1. The molecule has 0 N–H and O–H groups in total. The number of carbonyl (C=O) groups is 1. The minimum atomic E-state index is 0.0756. The number of hydrogen-bond donors (Lipinski definition) is 0. The zero-order chi connectivity index (χ0) is 16.2. The van der Waals surface area contributed by atoms with Gasteiger partial charge in [-0.25, -0.2) is 9.78 Å². The Hall–Kier alpha value is -2.15. The molecular formula is C16H21N5OS. The van der Waals surface area contributed by atoms with Crippen LogP contribution in [0.2, 0.25) is 0 Å². The van der Waals surface area contributed by atoms with Gasteiger partial charge in [0.15, 0.2) is 0 Å². The summed E-state index contributed by atoms with van der Waals surface area (Å²) in [6.07, 6.45) is 0.760. The first-order valence-electron chi connectivity index (χ1n) is 7.71. The molecule has 1 saturated heterocycles. The molecule has 1 fully saturated rings. The molecule has 0 saturated carbocycles. The molecule has 23 heavy (non-hydrogen) atoms. The molecule has 0 spiro atoms. The molecule has 0 radical (unpaired) electrons. The third-order valence-corrected chi connectivity index (χ3v) is 4.68. The van der Waals surface area contributed by atoms with E-state index in [1.165, 1.54) is 17.1 Å². The molecule has 2 heterocycles. The summed E-state index contributed by atoms with van der Waals surface area (Å²) in [7, 11) is 3.57. The van der Waals surface area contributed by atoms with Crippen LogP contribution >= 0.6 is 11.5 Å². The molecule has 1 aliphatic rings. The number of rotatable bonds is 3. The van der Waals surface area contributed by atoms with Gasteiger partial charge in [-0.3, -0.25) is 0 Å². The summed E-state index contributed by atoms with van der Waals surface area (Å²) in [5, 5.41) is 0.952. The number of benzene rings is 1. The lowest BCUT2D eigenvalue weighted by Gasteiger charge is -2.35. The topological polar surface area (TPSA) is 52.6 Å². The average molecular weight is 331 g/mol. The Labute approximate surface area is 140 Å². The summed E-state index contributed by atoms with van der Waals surface area (Å²) in [4.78, 5) is 22.3. The summed E-state index contributed by atoms with van der Waals surface area (Å²) in [6, 6.07) is 10.3. The molecule has 1 aromatic heterocycles. The monoisotopic (exact) mass is 331 g/mol. The second kappa shape index (κ2) is 6.95. The van der Waals surface area contributed by atoms with E-state index in [0.717, 1.165) is 43.6 Å². The van der Waals surface area contributed by atoms with Gasteiger partial charge >= 0.3 is 6.03 Å². The highest BCUT2D eigenvalue weighted by Crippen LogP contribution is 2.20. The van der Waals surface area contributed by atoms with Gasteiger partial charge in [-0.1, -0.05) is 30.3 Å². The molecule has 0 unspecified atom stereocenters. The molecule has 0 aliphatic carbocycles. The smallest absolute Gasteiger partial charge is 0.319 e. The van der Waals surface area contributed by atoms with Gasteiger partial charge in [0.2, 0.25) is 5.13 Å². The van der Waals surface area contributed by atoms with Gasteiger partial charge in [0.25, 0.3) is 0 Å². The molecule has 122 valence electrons. The second-order valence-corrected chi connectivity index (χ2v) is 6.54. The summed E-state index contributed by atoms with van der Waals surface area (Å²) >= 11 is 1.44. The van der Waals surface area contributed by atoms with E-state index in [1.807, 2.05) is 23.1 Å². The lowest BCUT2D eigenvalue weighted by atomic mass is 10.1. The number of urea groups is 1. The van der Waals surface area contributed by atoms with Crippen molar-refractivity contribution in [3.05, 3.63) is 41.7 Å². The Balaban J connectivity index is 1.58. The Kier molecular flexibility index (Phi) is 4.76. The van der Waals surface area contributed by atoms with Crippen molar-refractivity contribution in [2.24, 2.45) is 0 Å². The standard InChI is InChI=1S/C16H21N5OS/c1-19(2)16(22)21-10-8-20(9-11-21)15-17-14(18-23-15)12-13-6-4-3-5-7-13/h3-7H,8-12H2,1-2H3. The van der Waals surface area contributed by atoms with Crippen LogP contribution in [0.1, 0.15) is 11.4 Å². The van der Waals surface area contributed by atoms with Crippen LogP contribution in [0, 0.1) is 0 Å². The van der Waals surface area contributed by atoms with Crippen molar-refractivity contribution in [3.63, 3.8) is 0 Å². The molecule has 0 bridgehead atoms. The Morgan fingerprint density at radius 2 is 1.87 bits per heavy atom. The Bertz CT molecular complexity index is 650. The van der Waals surface area contributed by atoms with Crippen LogP contribution in [0.25, 0.3) is 0 Å². The van der Waals surface area contributed by atoms with Crippen LogP contribution in [0.15, 0.2) is 30.3 Å². The maximum atomic E-state index is 12.0. The van der Waals surface area contributed by atoms with Crippen LogP contribution in [-0.2, 0) is 6.42 Å². The first kappa shape index (κ1) is 15.7. The van der Waals surface area contributed by atoms with Crippen molar-refractivity contribution < 1.29 is 4.79 Å². The maximum Gasteiger partial charge on any atom is 0.319 e. The van der Waals surface area contributed by atoms with Crippen molar-refractivity contribution in [2.45, 2.75) is 6.42 Å². The fourth-order valence-electron chi connectivity index (χ4n) is 2.60. The van der Waals surface area contributed by atoms with Gasteiger partial charge in [-0.05, 0) is 5.56 Å². The quantitative estimate of drug-likeness (QED) is 0.862. The first-order chi connectivity index (χ1) is 11.1. The molecule has 0 atom stereocenters. The van der Waals surface area contributed by atoms with Gasteiger partial charge in [-0.2, -0.15) is 4.37 Å². The number of anilines is 1. The second-order valence-electron chi connectivity index (χ2n) is 5.81. The number of aromatic nitrogens is 2. The maximum absolute atomic E-state index is 12.0. The zero-order valence-electron chi connectivity index (χ0n) is 13.5. The lowest BCUT2D eigenvalue weighted by molar-refractivity contribution is 0.168. The van der Waals surface area contributed by atoms with Gasteiger partial charge in [0.1, 0.15) is 5.82 Å². The molecule has 2 amide bonds. The molecule has 3 rings (SSSR count). The summed E-state index contributed by atoms with van der Waals surface area (Å²) in [6.45, 7) is 3.06. The first-order valence-corrected chi connectivity index (χ1v) is 8.48. The fraction of sp³-hybridized carbons (Fsp3) is 0.438. The third kappa shape index (κ3) is 3.79. The lowest BCUT2D eigenvalue weighted by Crippen LogP contribution is -2.51. The SMILES string of the molecule is CN(C)C(=O)N1CCN(c2nc(Cc3ccccc3)ns2)CC1. The average Bonchev–Trinajstić information content (AvgIpc) is 3.03. The Morgan fingerprint density at radius 3 is 2.52 bits per heavy atom. The van der Waals surface area contributed by atoms with E-state index in [1.54, 1.807) is 19.0 Å². The van der Waals surface area contributed by atoms with E-state index in [9.17, 15) is 4.79 Å². The number of hydrogen-bond acceptors (Lipinski definition) is 5. The zero-order valence-corrected chi connectivity index (χ0v) is 14.3. The molecule has 7 heteroatoms. The van der Waals surface area contributed by atoms with Crippen LogP contribution < -0.4 is 4.90 Å². The van der Waals surface area contributed by atoms with Gasteiger partial charge in [0, 0.05) is 58.2 Å². The van der Waals surface area contributed by atoms with Crippen LogP contribution in [0.5, 0.6) is 0 Å². The molecule has 2 aromatic rings. The summed E-state index contributed by atoms with van der Waals surface area (Å²) in [5.41, 5.74) is 1.22. The largest absolute Gasteiger partial charge is 0.343 e. The summed E-state index contributed by atoms with van der Waals surface area (Å²) in [5.74, 6) is 0.864. The van der Waals surface area contributed by atoms with Crippen molar-refractivity contribution in [1.29, 1.82) is 0 Å². The van der Waals surface area contributed by atoms with E-state index in [-0.39, 0.29) is 6.03 Å². The van der Waals surface area contributed by atoms with E-state index in [4.69, 9.17) is 0 Å². The fourth-order valence-corrected chi connectivity index (χ4v) is 3.33. The van der Waals surface area contributed by atoms with Crippen LogP contribution in [-0.4, -0.2) is 65.5 Å². The molecule has 6 nitrogen and oxygen atoms in total. The molecule has 1 aromatic carbocycles. The Morgan fingerprint density at radius 1 is 1.17 bits per heavy atom. The van der Waals surface area contributed by atoms with Gasteiger partial charge < -0.3 is 14.7 Å².